The monoisotopic (exact) mass is 380 g/mol. The van der Waals surface area contributed by atoms with E-state index in [0.717, 1.165) is 6.42 Å². The largest absolute Gasteiger partial charge is 0.304 e. The molecule has 0 aliphatic carbocycles. The molecule has 1 aliphatic heterocycles. The molecule has 1 N–H and O–H groups in total. The van der Waals surface area contributed by atoms with E-state index >= 15 is 0 Å². The van der Waals surface area contributed by atoms with Gasteiger partial charge in [0.15, 0.2) is 16.7 Å². The van der Waals surface area contributed by atoms with Crippen LogP contribution in [0.1, 0.15) is 46.5 Å². The minimum atomic E-state index is -0.487. The molecule has 1 saturated heterocycles. The minimum Gasteiger partial charge on any atom is -0.304 e. The second kappa shape index (κ2) is 8.31. The van der Waals surface area contributed by atoms with Crippen LogP contribution in [0.4, 0.5) is 5.69 Å². The molecule has 0 spiro atoms. The van der Waals surface area contributed by atoms with Gasteiger partial charge in [0.1, 0.15) is 0 Å². The lowest BCUT2D eigenvalue weighted by molar-refractivity contribution is -0.118. The number of amides is 1. The molecule has 27 heavy (non-hydrogen) atoms. The Balaban J connectivity index is 1.65. The molecule has 3 rings (SSSR count). The van der Waals surface area contributed by atoms with Gasteiger partial charge in [-0.15, -0.1) is 0 Å². The van der Waals surface area contributed by atoms with Crippen molar-refractivity contribution in [3.63, 3.8) is 0 Å². The van der Waals surface area contributed by atoms with Crippen LogP contribution >= 0.6 is 11.8 Å². The number of carbonyl (C=O) groups excluding carboxylic acids is 3. The van der Waals surface area contributed by atoms with Crippen LogP contribution in [0.15, 0.2) is 53.5 Å². The Kier molecular flexibility index (Phi) is 5.86. The Morgan fingerprint density at radius 2 is 1.67 bits per heavy atom. The average molecular weight is 380 g/mol. The van der Waals surface area contributed by atoms with Crippen molar-refractivity contribution in [2.75, 3.05) is 0 Å². The first-order valence-corrected chi connectivity index (χ1v) is 9.63. The van der Waals surface area contributed by atoms with E-state index in [9.17, 15) is 14.4 Å². The highest BCUT2D eigenvalue weighted by Gasteiger charge is 2.32. The summed E-state index contributed by atoms with van der Waals surface area (Å²) in [5.74, 6) is -0.279. The van der Waals surface area contributed by atoms with Crippen molar-refractivity contribution in [3.05, 3.63) is 65.2 Å². The number of hydrogen-bond acceptors (Lipinski definition) is 5. The highest BCUT2D eigenvalue weighted by atomic mass is 32.2. The van der Waals surface area contributed by atoms with Gasteiger partial charge in [-0.1, -0.05) is 43.0 Å². The summed E-state index contributed by atoms with van der Waals surface area (Å²) in [6.45, 7) is 3.57. The van der Waals surface area contributed by atoms with E-state index in [2.05, 4.69) is 17.2 Å². The van der Waals surface area contributed by atoms with Gasteiger partial charge in [0.2, 0.25) is 5.91 Å². The van der Waals surface area contributed by atoms with E-state index < -0.39 is 5.25 Å². The van der Waals surface area contributed by atoms with Crippen molar-refractivity contribution in [3.8, 4) is 0 Å². The van der Waals surface area contributed by atoms with E-state index in [4.69, 9.17) is 0 Å². The summed E-state index contributed by atoms with van der Waals surface area (Å²) in [6.07, 6.45) is 1.05. The zero-order valence-corrected chi connectivity index (χ0v) is 16.0. The maximum Gasteiger partial charge on any atom is 0.240 e. The Bertz CT molecular complexity index is 902. The molecule has 1 aliphatic rings. The molecule has 1 fully saturated rings. The Labute approximate surface area is 162 Å². The number of amidine groups is 1. The number of ketones is 2. The molecule has 5 nitrogen and oxygen atoms in total. The molecule has 1 unspecified atom stereocenters. The first kappa shape index (κ1) is 19.0. The summed E-state index contributed by atoms with van der Waals surface area (Å²) in [7, 11) is 0. The van der Waals surface area contributed by atoms with Crippen molar-refractivity contribution in [1.82, 2.24) is 5.32 Å². The summed E-state index contributed by atoms with van der Waals surface area (Å²) in [5, 5.41) is 2.70. The number of aryl methyl sites for hydroxylation is 1. The van der Waals surface area contributed by atoms with Crippen LogP contribution in [0, 0.1) is 0 Å². The van der Waals surface area contributed by atoms with Gasteiger partial charge in [0.25, 0.3) is 0 Å². The number of Topliss-reactive ketones (excluding diaryl/α,β-unsaturated/α-hetero) is 2. The number of nitrogens with zero attached hydrogens (tertiary/aromatic N) is 1. The molecule has 0 bridgehead atoms. The normalized spacial score (nSPS) is 17.8. The molecular weight excluding hydrogens is 360 g/mol. The highest BCUT2D eigenvalue weighted by Crippen LogP contribution is 2.26. The predicted molar refractivity (Wildman–Crippen MR) is 108 cm³/mol. The molecule has 2 aromatic carbocycles. The molecule has 2 aromatic rings. The minimum absolute atomic E-state index is 0.0108. The van der Waals surface area contributed by atoms with Gasteiger partial charge in [-0.3, -0.25) is 14.4 Å². The fraction of sp³-hybridized carbons (Fsp3) is 0.238. The third-order valence-corrected chi connectivity index (χ3v) is 5.42. The van der Waals surface area contributed by atoms with Gasteiger partial charge >= 0.3 is 0 Å². The lowest BCUT2D eigenvalue weighted by Gasteiger charge is -2.05. The van der Waals surface area contributed by atoms with Crippen LogP contribution in [0.25, 0.3) is 0 Å². The van der Waals surface area contributed by atoms with Crippen LogP contribution in [0.2, 0.25) is 0 Å². The van der Waals surface area contributed by atoms with E-state index in [-0.39, 0.29) is 23.9 Å². The van der Waals surface area contributed by atoms with Gasteiger partial charge in [-0.2, -0.15) is 0 Å². The van der Waals surface area contributed by atoms with Crippen LogP contribution in [0.5, 0.6) is 0 Å². The van der Waals surface area contributed by atoms with Crippen LogP contribution < -0.4 is 5.32 Å². The zero-order chi connectivity index (χ0) is 19.4. The molecule has 1 atom stereocenters. The summed E-state index contributed by atoms with van der Waals surface area (Å²) in [6, 6.07) is 14.3. The van der Waals surface area contributed by atoms with E-state index in [1.165, 1.54) is 24.2 Å². The summed E-state index contributed by atoms with van der Waals surface area (Å²) < 4.78 is 0. The third-order valence-electron chi connectivity index (χ3n) is 4.34. The zero-order valence-electron chi connectivity index (χ0n) is 15.2. The number of thioether (sulfide) groups is 1. The van der Waals surface area contributed by atoms with Crippen molar-refractivity contribution in [2.24, 2.45) is 4.99 Å². The lowest BCUT2D eigenvalue weighted by Crippen LogP contribution is -2.26. The van der Waals surface area contributed by atoms with Crippen molar-refractivity contribution in [1.29, 1.82) is 0 Å². The number of aliphatic imine (C=N–C) groups is 1. The maximum atomic E-state index is 12.4. The molecule has 6 heteroatoms. The number of nitrogens with one attached hydrogen (secondary N) is 1. The van der Waals surface area contributed by atoms with Gasteiger partial charge in [0.05, 0.1) is 10.9 Å². The Morgan fingerprint density at radius 1 is 1.04 bits per heavy atom. The van der Waals surface area contributed by atoms with Crippen LogP contribution in [0.3, 0.4) is 0 Å². The molecule has 0 saturated carbocycles. The van der Waals surface area contributed by atoms with Crippen LogP contribution in [-0.4, -0.2) is 27.9 Å². The number of hydrogen-bond donors (Lipinski definition) is 1. The van der Waals surface area contributed by atoms with Gasteiger partial charge in [0, 0.05) is 17.5 Å². The van der Waals surface area contributed by atoms with Gasteiger partial charge in [-0.25, -0.2) is 4.99 Å². The lowest BCUT2D eigenvalue weighted by atomic mass is 10.0. The summed E-state index contributed by atoms with van der Waals surface area (Å²) in [5.41, 5.74) is 3.04. The molecule has 0 aromatic heterocycles. The second-order valence-electron chi connectivity index (χ2n) is 6.29. The summed E-state index contributed by atoms with van der Waals surface area (Å²) >= 11 is 1.26. The number of carbonyl (C=O) groups is 3. The fourth-order valence-corrected chi connectivity index (χ4v) is 3.68. The van der Waals surface area contributed by atoms with E-state index in [0.29, 0.717) is 22.0 Å². The average Bonchev–Trinajstić information content (AvgIpc) is 3.01. The topological polar surface area (TPSA) is 75.6 Å². The second-order valence-corrected chi connectivity index (χ2v) is 7.48. The number of benzene rings is 2. The quantitative estimate of drug-likeness (QED) is 0.770. The number of rotatable bonds is 6. The maximum absolute atomic E-state index is 12.4. The summed E-state index contributed by atoms with van der Waals surface area (Å²) in [4.78, 5) is 40.3. The molecule has 138 valence electrons. The van der Waals surface area contributed by atoms with Gasteiger partial charge in [-0.05, 0) is 43.2 Å². The Morgan fingerprint density at radius 3 is 2.26 bits per heavy atom. The first-order valence-electron chi connectivity index (χ1n) is 8.75. The molecular formula is C21H20N2O3S. The molecule has 1 heterocycles. The van der Waals surface area contributed by atoms with Gasteiger partial charge < -0.3 is 5.32 Å². The molecule has 1 amide bonds. The SMILES string of the molecule is CCc1ccc(C(=O)CC2SC(=Nc3ccc(C(C)=O)cc3)NC2=O)cc1. The standard InChI is InChI=1S/C21H20N2O3S/c1-3-14-4-6-16(7-5-14)18(25)12-19-20(26)23-21(27-19)22-17-10-8-15(9-11-17)13(2)24/h4-11,19H,3,12H2,1-2H3,(H,22,23,26). The van der Waals surface area contributed by atoms with Crippen molar-refractivity contribution >= 4 is 40.1 Å². The smallest absolute Gasteiger partial charge is 0.240 e. The first-order chi connectivity index (χ1) is 13.0. The Hall–Kier alpha value is -2.73. The molecule has 0 radical (unpaired) electrons. The van der Waals surface area contributed by atoms with E-state index in [1.54, 1.807) is 24.3 Å². The highest BCUT2D eigenvalue weighted by molar-refractivity contribution is 8.15. The fourth-order valence-electron chi connectivity index (χ4n) is 2.69. The van der Waals surface area contributed by atoms with E-state index in [1.807, 2.05) is 24.3 Å². The van der Waals surface area contributed by atoms with Crippen molar-refractivity contribution < 1.29 is 14.4 Å². The third kappa shape index (κ3) is 4.71. The van der Waals surface area contributed by atoms with Crippen molar-refractivity contribution in [2.45, 2.75) is 31.9 Å². The predicted octanol–water partition coefficient (Wildman–Crippen LogP) is 3.94. The van der Waals surface area contributed by atoms with Crippen LogP contribution in [-0.2, 0) is 11.2 Å².